The number of esters is 2. The molecule has 0 aliphatic heterocycles. The van der Waals surface area contributed by atoms with E-state index in [1.165, 1.54) is 7.11 Å². The third-order valence-corrected chi connectivity index (χ3v) is 7.49. The molecule has 1 atom stereocenters. The number of amides is 1. The standard InChI is InChI=1S/C37H28N2O5/c1-43-37(42)34(27-13-3-2-4-14-27)44-36(41)31-20-18-26-12-6-8-16-29(26)33(31)32-28-15-7-5-11-25(28)17-19-30(32)35(40)39-23-24-10-9-21-38-22-24/h2-22,34H,23H2,1H3,(H,39,40). The summed E-state index contributed by atoms with van der Waals surface area (Å²) >= 11 is 0. The minimum atomic E-state index is -1.28. The molecule has 1 aromatic heterocycles. The largest absolute Gasteiger partial charge is 0.466 e. The molecule has 6 rings (SSSR count). The zero-order chi connectivity index (χ0) is 30.5. The van der Waals surface area contributed by atoms with Crippen LogP contribution in [0.15, 0.2) is 128 Å². The van der Waals surface area contributed by atoms with E-state index in [2.05, 4.69) is 10.3 Å². The molecule has 1 heterocycles. The van der Waals surface area contributed by atoms with Crippen molar-refractivity contribution in [2.24, 2.45) is 0 Å². The van der Waals surface area contributed by atoms with Gasteiger partial charge in [0, 0.05) is 41.2 Å². The smallest absolute Gasteiger partial charge is 0.351 e. The Morgan fingerprint density at radius 1 is 0.705 bits per heavy atom. The molecule has 0 saturated carbocycles. The average molecular weight is 581 g/mol. The fourth-order valence-electron chi connectivity index (χ4n) is 5.38. The maximum atomic E-state index is 14.1. The van der Waals surface area contributed by atoms with E-state index in [1.807, 2.05) is 78.9 Å². The molecule has 1 unspecified atom stereocenters. The van der Waals surface area contributed by atoms with Crippen LogP contribution in [0.25, 0.3) is 32.7 Å². The molecule has 0 radical (unpaired) electrons. The highest BCUT2D eigenvalue weighted by atomic mass is 16.6. The molecule has 1 N–H and O–H groups in total. The van der Waals surface area contributed by atoms with Crippen LogP contribution in [0.2, 0.25) is 0 Å². The predicted molar refractivity (Wildman–Crippen MR) is 169 cm³/mol. The maximum absolute atomic E-state index is 14.1. The van der Waals surface area contributed by atoms with Crippen molar-refractivity contribution in [1.82, 2.24) is 10.3 Å². The van der Waals surface area contributed by atoms with Crippen LogP contribution in [0.4, 0.5) is 0 Å². The fourth-order valence-corrected chi connectivity index (χ4v) is 5.38. The van der Waals surface area contributed by atoms with E-state index in [0.717, 1.165) is 27.1 Å². The molecule has 5 aromatic carbocycles. The molecular formula is C37H28N2O5. The number of benzene rings is 5. The van der Waals surface area contributed by atoms with Gasteiger partial charge in [-0.25, -0.2) is 9.59 Å². The summed E-state index contributed by atoms with van der Waals surface area (Å²) < 4.78 is 10.9. The minimum Gasteiger partial charge on any atom is -0.466 e. The zero-order valence-corrected chi connectivity index (χ0v) is 23.9. The number of hydrogen-bond acceptors (Lipinski definition) is 6. The highest BCUT2D eigenvalue weighted by Crippen LogP contribution is 2.40. The summed E-state index contributed by atoms with van der Waals surface area (Å²) in [6, 6.07) is 35.0. The molecule has 7 nitrogen and oxygen atoms in total. The van der Waals surface area contributed by atoms with Gasteiger partial charge in [0.05, 0.1) is 12.7 Å². The van der Waals surface area contributed by atoms with Gasteiger partial charge in [-0.1, -0.05) is 97.1 Å². The summed E-state index contributed by atoms with van der Waals surface area (Å²) in [7, 11) is 1.25. The van der Waals surface area contributed by atoms with Crippen molar-refractivity contribution in [3.63, 3.8) is 0 Å². The molecule has 216 valence electrons. The summed E-state index contributed by atoms with van der Waals surface area (Å²) in [5, 5.41) is 6.33. The summed E-state index contributed by atoms with van der Waals surface area (Å²) in [5.74, 6) is -1.73. The van der Waals surface area contributed by atoms with Crippen LogP contribution in [0.5, 0.6) is 0 Å². The Labute approximate surface area is 254 Å². The molecule has 0 spiro atoms. The molecular weight excluding hydrogens is 552 g/mol. The van der Waals surface area contributed by atoms with Gasteiger partial charge in [0.15, 0.2) is 0 Å². The number of pyridine rings is 1. The van der Waals surface area contributed by atoms with Gasteiger partial charge in [-0.2, -0.15) is 0 Å². The monoisotopic (exact) mass is 580 g/mol. The average Bonchev–Trinajstić information content (AvgIpc) is 3.09. The first kappa shape index (κ1) is 28.3. The Morgan fingerprint density at radius 3 is 1.95 bits per heavy atom. The lowest BCUT2D eigenvalue weighted by Gasteiger charge is -2.20. The molecule has 6 aromatic rings. The summed E-state index contributed by atoms with van der Waals surface area (Å²) in [6.07, 6.45) is 2.10. The topological polar surface area (TPSA) is 94.6 Å². The lowest BCUT2D eigenvalue weighted by atomic mass is 9.86. The number of hydrogen-bond donors (Lipinski definition) is 1. The van der Waals surface area contributed by atoms with Crippen LogP contribution in [0.1, 0.15) is 37.9 Å². The van der Waals surface area contributed by atoms with E-state index < -0.39 is 18.0 Å². The van der Waals surface area contributed by atoms with Gasteiger partial charge in [0.2, 0.25) is 6.10 Å². The van der Waals surface area contributed by atoms with E-state index in [-0.39, 0.29) is 18.0 Å². The van der Waals surface area contributed by atoms with Gasteiger partial charge < -0.3 is 14.8 Å². The van der Waals surface area contributed by atoms with Crippen LogP contribution in [-0.2, 0) is 20.8 Å². The Bertz CT molecular complexity index is 1990. The minimum absolute atomic E-state index is 0.214. The van der Waals surface area contributed by atoms with Crippen LogP contribution in [0, 0.1) is 0 Å². The van der Waals surface area contributed by atoms with Gasteiger partial charge in [0.25, 0.3) is 5.91 Å². The van der Waals surface area contributed by atoms with Crippen molar-refractivity contribution in [1.29, 1.82) is 0 Å². The SMILES string of the molecule is COC(=O)C(OC(=O)c1ccc2ccccc2c1-c1c(C(=O)NCc2cccnc2)ccc2ccccc12)c1ccccc1. The lowest BCUT2D eigenvalue weighted by molar-refractivity contribution is -0.151. The molecule has 0 bridgehead atoms. The third-order valence-electron chi connectivity index (χ3n) is 7.49. The van der Waals surface area contributed by atoms with E-state index in [9.17, 15) is 14.4 Å². The van der Waals surface area contributed by atoms with Gasteiger partial charge in [-0.3, -0.25) is 9.78 Å². The second-order valence-corrected chi connectivity index (χ2v) is 10.2. The van der Waals surface area contributed by atoms with E-state index in [1.54, 1.807) is 48.8 Å². The highest BCUT2D eigenvalue weighted by Gasteiger charge is 2.29. The number of methoxy groups -OCH3 is 1. The van der Waals surface area contributed by atoms with E-state index in [4.69, 9.17) is 9.47 Å². The first-order valence-electron chi connectivity index (χ1n) is 14.1. The Hall–Kier alpha value is -5.82. The number of carbonyl (C=O) groups excluding carboxylic acids is 3. The first-order chi connectivity index (χ1) is 21.5. The Morgan fingerprint density at radius 2 is 1.32 bits per heavy atom. The second kappa shape index (κ2) is 12.6. The van der Waals surface area contributed by atoms with Crippen molar-refractivity contribution in [2.75, 3.05) is 7.11 Å². The fraction of sp³-hybridized carbons (Fsp3) is 0.0811. The van der Waals surface area contributed by atoms with Crippen LogP contribution < -0.4 is 5.32 Å². The highest BCUT2D eigenvalue weighted by molar-refractivity contribution is 6.18. The number of aromatic nitrogens is 1. The molecule has 0 fully saturated rings. The maximum Gasteiger partial charge on any atom is 0.351 e. The lowest BCUT2D eigenvalue weighted by Crippen LogP contribution is -2.24. The summed E-state index contributed by atoms with van der Waals surface area (Å²) in [4.78, 5) is 44.9. The Balaban J connectivity index is 1.53. The van der Waals surface area contributed by atoms with Crippen LogP contribution >= 0.6 is 0 Å². The molecule has 1 amide bonds. The van der Waals surface area contributed by atoms with Gasteiger partial charge in [-0.15, -0.1) is 0 Å². The number of rotatable bonds is 8. The molecule has 0 aliphatic rings. The number of nitrogens with zero attached hydrogens (tertiary/aromatic N) is 1. The number of nitrogens with one attached hydrogen (secondary N) is 1. The van der Waals surface area contributed by atoms with E-state index >= 15 is 0 Å². The number of carbonyl (C=O) groups is 3. The van der Waals surface area contributed by atoms with Crippen molar-refractivity contribution in [2.45, 2.75) is 12.6 Å². The third kappa shape index (κ3) is 5.63. The van der Waals surface area contributed by atoms with Gasteiger partial charge >= 0.3 is 11.9 Å². The first-order valence-corrected chi connectivity index (χ1v) is 14.1. The van der Waals surface area contributed by atoms with E-state index in [0.29, 0.717) is 22.3 Å². The van der Waals surface area contributed by atoms with Crippen LogP contribution in [0.3, 0.4) is 0 Å². The van der Waals surface area contributed by atoms with Gasteiger partial charge in [-0.05, 0) is 45.3 Å². The zero-order valence-electron chi connectivity index (χ0n) is 23.9. The molecule has 44 heavy (non-hydrogen) atoms. The molecule has 0 aliphatic carbocycles. The van der Waals surface area contributed by atoms with Crippen molar-refractivity contribution in [3.05, 3.63) is 150 Å². The quantitative estimate of drug-likeness (QED) is 0.194. The predicted octanol–water partition coefficient (Wildman–Crippen LogP) is 7.06. The normalized spacial score (nSPS) is 11.6. The van der Waals surface area contributed by atoms with Crippen LogP contribution in [-0.4, -0.2) is 29.9 Å². The Kier molecular flexibility index (Phi) is 8.10. The number of fused-ring (bicyclic) bond motifs is 2. The van der Waals surface area contributed by atoms with Crippen molar-refractivity contribution in [3.8, 4) is 11.1 Å². The molecule has 0 saturated heterocycles. The number of ether oxygens (including phenoxy) is 2. The molecule has 7 heteroatoms. The second-order valence-electron chi connectivity index (χ2n) is 10.2. The van der Waals surface area contributed by atoms with Gasteiger partial charge in [0.1, 0.15) is 0 Å². The van der Waals surface area contributed by atoms with Crippen molar-refractivity contribution < 1.29 is 23.9 Å². The summed E-state index contributed by atoms with van der Waals surface area (Å²) in [6.45, 7) is 0.279. The summed E-state index contributed by atoms with van der Waals surface area (Å²) in [5.41, 5.74) is 3.07. The van der Waals surface area contributed by atoms with Crippen molar-refractivity contribution >= 4 is 39.4 Å².